The highest BCUT2D eigenvalue weighted by atomic mass is 16.5. The van der Waals surface area contributed by atoms with Gasteiger partial charge in [0.25, 0.3) is 0 Å². The molecule has 0 aromatic heterocycles. The zero-order valence-corrected chi connectivity index (χ0v) is 12.5. The van der Waals surface area contributed by atoms with E-state index in [0.29, 0.717) is 6.54 Å². The number of ether oxygens (including phenoxy) is 2. The Bertz CT molecular complexity index is 410. The molecule has 1 aromatic rings. The zero-order chi connectivity index (χ0) is 14.5. The van der Waals surface area contributed by atoms with Crippen LogP contribution in [0, 0.1) is 0 Å². The topological polar surface area (TPSA) is 59.8 Å². The lowest BCUT2D eigenvalue weighted by Gasteiger charge is -2.33. The number of nitrogens with two attached hydrogens (primary N) is 1. The average Bonchev–Trinajstić information content (AvgIpc) is 2.37. The molecule has 0 aliphatic carbocycles. The van der Waals surface area contributed by atoms with Crippen LogP contribution in [0.2, 0.25) is 0 Å². The molecular formula is C14H25N3O2. The summed E-state index contributed by atoms with van der Waals surface area (Å²) in [4.78, 5) is 0. The Morgan fingerprint density at radius 3 is 2.32 bits per heavy atom. The number of nitrogens with one attached hydrogen (secondary N) is 1. The first-order valence-electron chi connectivity index (χ1n) is 6.30. The molecule has 0 fully saturated rings. The Morgan fingerprint density at radius 2 is 1.84 bits per heavy atom. The minimum absolute atomic E-state index is 0.191. The Hall–Kier alpha value is -1.30. The summed E-state index contributed by atoms with van der Waals surface area (Å²) in [6.07, 6.45) is 0.808. The summed E-state index contributed by atoms with van der Waals surface area (Å²) in [7, 11) is 7.20. The Morgan fingerprint density at radius 1 is 1.21 bits per heavy atom. The third-order valence-corrected chi connectivity index (χ3v) is 2.99. The van der Waals surface area contributed by atoms with Gasteiger partial charge in [0.05, 0.1) is 14.2 Å². The summed E-state index contributed by atoms with van der Waals surface area (Å²) >= 11 is 0. The molecule has 108 valence electrons. The van der Waals surface area contributed by atoms with Crippen LogP contribution in [0.1, 0.15) is 12.5 Å². The predicted molar refractivity (Wildman–Crippen MR) is 77.5 cm³/mol. The van der Waals surface area contributed by atoms with Crippen molar-refractivity contribution in [3.8, 4) is 11.5 Å². The normalized spacial score (nSPS) is 14.3. The van der Waals surface area contributed by atoms with Crippen LogP contribution in [-0.4, -0.2) is 45.4 Å². The van der Waals surface area contributed by atoms with Crippen LogP contribution < -0.4 is 20.6 Å². The van der Waals surface area contributed by atoms with Gasteiger partial charge in [-0.2, -0.15) is 0 Å². The molecule has 0 aliphatic rings. The first-order chi connectivity index (χ1) is 8.94. The smallest absolute Gasteiger partial charge is 0.160 e. The molecule has 0 spiro atoms. The van der Waals surface area contributed by atoms with Crippen molar-refractivity contribution in [2.45, 2.75) is 18.9 Å². The van der Waals surface area contributed by atoms with Crippen molar-refractivity contribution in [3.05, 3.63) is 23.8 Å². The average molecular weight is 267 g/mol. The lowest BCUT2D eigenvalue weighted by molar-refractivity contribution is 0.175. The molecule has 19 heavy (non-hydrogen) atoms. The van der Waals surface area contributed by atoms with Gasteiger partial charge in [0, 0.05) is 26.2 Å². The summed E-state index contributed by atoms with van der Waals surface area (Å²) in [6, 6.07) is 5.94. The summed E-state index contributed by atoms with van der Waals surface area (Å²) in [6.45, 7) is 2.64. The summed E-state index contributed by atoms with van der Waals surface area (Å²) < 4.78 is 10.6. The van der Waals surface area contributed by atoms with E-state index in [1.165, 1.54) is 0 Å². The number of rotatable bonds is 7. The van der Waals surface area contributed by atoms with Crippen molar-refractivity contribution in [2.24, 2.45) is 5.73 Å². The lowest BCUT2D eigenvalue weighted by atomic mass is 9.93. The van der Waals surface area contributed by atoms with E-state index in [0.717, 1.165) is 23.5 Å². The second kappa shape index (κ2) is 6.75. The highest BCUT2D eigenvalue weighted by molar-refractivity contribution is 5.43. The number of nitrogens with zero attached hydrogens (tertiary/aromatic N) is 1. The number of benzene rings is 1. The van der Waals surface area contributed by atoms with Gasteiger partial charge in [-0.1, -0.05) is 6.07 Å². The van der Waals surface area contributed by atoms with Crippen LogP contribution in [-0.2, 0) is 6.42 Å². The molecule has 0 saturated heterocycles. The molecule has 0 bridgehead atoms. The highest BCUT2D eigenvalue weighted by Crippen LogP contribution is 2.28. The van der Waals surface area contributed by atoms with Crippen LogP contribution in [0.3, 0.4) is 0 Å². The molecule has 1 aromatic carbocycles. The van der Waals surface area contributed by atoms with Gasteiger partial charge in [-0.15, -0.1) is 0 Å². The largest absolute Gasteiger partial charge is 0.493 e. The standard InChI is InChI=1S/C14H25N3O2/c1-14(10-15,16-17(2)3)9-11-6-7-12(18-4)13(8-11)19-5/h6-8,16H,9-10,15H2,1-5H3. The minimum atomic E-state index is -0.191. The molecule has 1 rings (SSSR count). The third-order valence-electron chi connectivity index (χ3n) is 2.99. The van der Waals surface area contributed by atoms with Crippen molar-refractivity contribution < 1.29 is 9.47 Å². The molecule has 1 atom stereocenters. The van der Waals surface area contributed by atoms with E-state index in [9.17, 15) is 0 Å². The van der Waals surface area contributed by atoms with Crippen molar-refractivity contribution in [1.82, 2.24) is 10.4 Å². The molecule has 0 heterocycles. The minimum Gasteiger partial charge on any atom is -0.493 e. The Kier molecular flexibility index (Phi) is 5.60. The fourth-order valence-electron chi connectivity index (χ4n) is 2.14. The molecule has 1 unspecified atom stereocenters. The first-order valence-corrected chi connectivity index (χ1v) is 6.30. The summed E-state index contributed by atoms with van der Waals surface area (Å²) in [5.74, 6) is 1.48. The third kappa shape index (κ3) is 4.38. The van der Waals surface area contributed by atoms with E-state index >= 15 is 0 Å². The van der Waals surface area contributed by atoms with Gasteiger partial charge in [-0.05, 0) is 31.0 Å². The Balaban J connectivity index is 2.91. The van der Waals surface area contributed by atoms with Crippen molar-refractivity contribution >= 4 is 0 Å². The Labute approximate surface area is 115 Å². The van der Waals surface area contributed by atoms with E-state index in [1.807, 2.05) is 37.3 Å². The SMILES string of the molecule is COc1ccc(CC(C)(CN)NN(C)C)cc1OC. The van der Waals surface area contributed by atoms with Gasteiger partial charge in [-0.25, -0.2) is 5.43 Å². The van der Waals surface area contributed by atoms with Gasteiger partial charge in [-0.3, -0.25) is 5.01 Å². The zero-order valence-electron chi connectivity index (χ0n) is 12.5. The molecule has 0 saturated carbocycles. The predicted octanol–water partition coefficient (Wildman–Crippen LogP) is 1.03. The molecule has 0 aliphatic heterocycles. The molecule has 5 nitrogen and oxygen atoms in total. The van der Waals surface area contributed by atoms with Gasteiger partial charge >= 0.3 is 0 Å². The molecule has 3 N–H and O–H groups in total. The van der Waals surface area contributed by atoms with Crippen molar-refractivity contribution in [2.75, 3.05) is 34.9 Å². The second-order valence-corrected chi connectivity index (χ2v) is 5.14. The molecular weight excluding hydrogens is 242 g/mol. The van der Waals surface area contributed by atoms with E-state index < -0.39 is 0 Å². The van der Waals surface area contributed by atoms with Crippen molar-refractivity contribution in [3.63, 3.8) is 0 Å². The summed E-state index contributed by atoms with van der Waals surface area (Å²) in [5.41, 5.74) is 10.2. The van der Waals surface area contributed by atoms with E-state index in [4.69, 9.17) is 15.2 Å². The maximum atomic E-state index is 5.88. The van der Waals surface area contributed by atoms with Crippen LogP contribution in [0.25, 0.3) is 0 Å². The van der Waals surface area contributed by atoms with Crippen LogP contribution in [0.4, 0.5) is 0 Å². The van der Waals surface area contributed by atoms with Crippen LogP contribution in [0.15, 0.2) is 18.2 Å². The molecule has 0 amide bonds. The number of hydrazine groups is 1. The van der Waals surface area contributed by atoms with Gasteiger partial charge in [0.2, 0.25) is 0 Å². The monoisotopic (exact) mass is 267 g/mol. The van der Waals surface area contributed by atoms with Crippen LogP contribution in [0.5, 0.6) is 11.5 Å². The quantitative estimate of drug-likeness (QED) is 0.723. The van der Waals surface area contributed by atoms with Gasteiger partial charge < -0.3 is 15.2 Å². The molecule has 0 radical (unpaired) electrons. The van der Waals surface area contributed by atoms with Crippen LogP contribution >= 0.6 is 0 Å². The van der Waals surface area contributed by atoms with E-state index in [1.54, 1.807) is 14.2 Å². The fourth-order valence-corrected chi connectivity index (χ4v) is 2.14. The number of hydrogen-bond donors (Lipinski definition) is 2. The second-order valence-electron chi connectivity index (χ2n) is 5.14. The first kappa shape index (κ1) is 15.8. The van der Waals surface area contributed by atoms with Gasteiger partial charge in [0.15, 0.2) is 11.5 Å². The van der Waals surface area contributed by atoms with Gasteiger partial charge in [0.1, 0.15) is 0 Å². The lowest BCUT2D eigenvalue weighted by Crippen LogP contribution is -2.55. The van der Waals surface area contributed by atoms with Crippen molar-refractivity contribution in [1.29, 1.82) is 0 Å². The van der Waals surface area contributed by atoms with E-state index in [2.05, 4.69) is 12.3 Å². The fraction of sp³-hybridized carbons (Fsp3) is 0.571. The number of methoxy groups -OCH3 is 2. The van der Waals surface area contributed by atoms with E-state index in [-0.39, 0.29) is 5.54 Å². The summed E-state index contributed by atoms with van der Waals surface area (Å²) in [5, 5.41) is 1.92. The maximum absolute atomic E-state index is 5.88. The molecule has 5 heteroatoms. The number of hydrogen-bond acceptors (Lipinski definition) is 5. The highest BCUT2D eigenvalue weighted by Gasteiger charge is 2.23. The maximum Gasteiger partial charge on any atom is 0.160 e.